The summed E-state index contributed by atoms with van der Waals surface area (Å²) in [5.74, 6) is 0.358. The van der Waals surface area contributed by atoms with Crippen LogP contribution in [0.3, 0.4) is 0 Å². The third-order valence-electron chi connectivity index (χ3n) is 2.56. The van der Waals surface area contributed by atoms with Crippen LogP contribution in [0.25, 0.3) is 0 Å². The van der Waals surface area contributed by atoms with E-state index < -0.39 is 7.82 Å². The molecule has 6 heteroatoms. The molecule has 0 amide bonds. The van der Waals surface area contributed by atoms with Crippen LogP contribution in [0.5, 0.6) is 5.75 Å². The minimum Gasteiger partial charge on any atom is -0.327 e. The Morgan fingerprint density at radius 1 is 1.18 bits per heavy atom. The molecule has 5 nitrogen and oxygen atoms in total. The fraction of sp³-hybridized carbons (Fsp3) is 0.455. The maximum Gasteiger partial charge on any atom is 0.508 e. The van der Waals surface area contributed by atoms with Gasteiger partial charge in [0.15, 0.2) is 5.75 Å². The van der Waals surface area contributed by atoms with Crippen LogP contribution in [0.4, 0.5) is 0 Å². The molecule has 1 N–H and O–H groups in total. The van der Waals surface area contributed by atoms with Crippen LogP contribution >= 0.6 is 7.82 Å². The molecule has 1 saturated carbocycles. The van der Waals surface area contributed by atoms with E-state index in [4.69, 9.17) is 9.41 Å². The Morgan fingerprint density at radius 3 is 2.47 bits per heavy atom. The summed E-state index contributed by atoms with van der Waals surface area (Å²) >= 11 is 0. The summed E-state index contributed by atoms with van der Waals surface area (Å²) in [6.07, 6.45) is 3.41. The summed E-state index contributed by atoms with van der Waals surface area (Å²) in [5, 5.41) is 0. The topological polar surface area (TPSA) is 65.0 Å². The number of benzene rings is 1. The van der Waals surface area contributed by atoms with Crippen molar-refractivity contribution < 1.29 is 23.5 Å². The SMILES string of the molecule is O=P(O)(OOc1ccccc1)OC1CCCC1. The lowest BCUT2D eigenvalue weighted by Gasteiger charge is -2.15. The molecule has 2 rings (SSSR count). The van der Waals surface area contributed by atoms with Crippen molar-refractivity contribution in [3.63, 3.8) is 0 Å². The number of hydrogen-bond donors (Lipinski definition) is 1. The molecule has 0 spiro atoms. The highest BCUT2D eigenvalue weighted by atomic mass is 31.2. The molecular weight excluding hydrogens is 243 g/mol. The average Bonchev–Trinajstić information content (AvgIpc) is 2.80. The van der Waals surface area contributed by atoms with Gasteiger partial charge in [-0.1, -0.05) is 35.7 Å². The second-order valence-electron chi connectivity index (χ2n) is 3.95. The second-order valence-corrected chi connectivity index (χ2v) is 5.25. The predicted molar refractivity (Wildman–Crippen MR) is 61.3 cm³/mol. The summed E-state index contributed by atoms with van der Waals surface area (Å²) in [4.78, 5) is 14.2. The minimum atomic E-state index is -4.13. The van der Waals surface area contributed by atoms with E-state index in [-0.39, 0.29) is 6.10 Å². The molecule has 0 radical (unpaired) electrons. The van der Waals surface area contributed by atoms with Crippen molar-refractivity contribution in [3.8, 4) is 5.75 Å². The van der Waals surface area contributed by atoms with Crippen LogP contribution in [0.15, 0.2) is 30.3 Å². The van der Waals surface area contributed by atoms with Gasteiger partial charge in [0, 0.05) is 0 Å². The van der Waals surface area contributed by atoms with Gasteiger partial charge >= 0.3 is 7.82 Å². The van der Waals surface area contributed by atoms with Crippen LogP contribution in [0.1, 0.15) is 25.7 Å². The molecule has 0 heterocycles. The van der Waals surface area contributed by atoms with Gasteiger partial charge in [0.25, 0.3) is 0 Å². The summed E-state index contributed by atoms with van der Waals surface area (Å²) in [6, 6.07) is 8.52. The number of phosphoric ester groups is 1. The summed E-state index contributed by atoms with van der Waals surface area (Å²) in [6.45, 7) is 0. The van der Waals surface area contributed by atoms with E-state index in [1.807, 2.05) is 0 Å². The van der Waals surface area contributed by atoms with E-state index in [9.17, 15) is 9.46 Å². The molecule has 0 aromatic heterocycles. The zero-order chi connectivity index (χ0) is 12.1. The van der Waals surface area contributed by atoms with Gasteiger partial charge in [-0.2, -0.15) is 0 Å². The highest BCUT2D eigenvalue weighted by Gasteiger charge is 2.30. The molecule has 1 unspecified atom stereocenters. The lowest BCUT2D eigenvalue weighted by Crippen LogP contribution is -2.08. The summed E-state index contributed by atoms with van der Waals surface area (Å²) in [5.41, 5.74) is 0. The first kappa shape index (κ1) is 12.6. The first-order chi connectivity index (χ1) is 8.16. The van der Waals surface area contributed by atoms with Gasteiger partial charge in [-0.05, 0) is 25.0 Å². The van der Waals surface area contributed by atoms with Gasteiger partial charge in [0.1, 0.15) is 0 Å². The van der Waals surface area contributed by atoms with Crippen molar-refractivity contribution in [1.29, 1.82) is 0 Å². The molecule has 1 atom stereocenters. The first-order valence-electron chi connectivity index (χ1n) is 5.58. The van der Waals surface area contributed by atoms with Gasteiger partial charge in [-0.15, -0.1) is 0 Å². The van der Waals surface area contributed by atoms with Crippen molar-refractivity contribution in [3.05, 3.63) is 30.3 Å². The van der Waals surface area contributed by atoms with Crippen molar-refractivity contribution >= 4 is 7.82 Å². The van der Waals surface area contributed by atoms with E-state index >= 15 is 0 Å². The maximum absolute atomic E-state index is 11.5. The van der Waals surface area contributed by atoms with Crippen LogP contribution in [-0.4, -0.2) is 11.0 Å². The van der Waals surface area contributed by atoms with Crippen LogP contribution < -0.4 is 4.89 Å². The highest BCUT2D eigenvalue weighted by Crippen LogP contribution is 2.47. The lowest BCUT2D eigenvalue weighted by atomic mass is 10.3. The molecule has 1 aromatic carbocycles. The van der Waals surface area contributed by atoms with Crippen molar-refractivity contribution in [2.75, 3.05) is 0 Å². The predicted octanol–water partition coefficient (Wildman–Crippen LogP) is 3.06. The van der Waals surface area contributed by atoms with Gasteiger partial charge in [0.2, 0.25) is 0 Å². The lowest BCUT2D eigenvalue weighted by molar-refractivity contribution is -0.131. The number of para-hydroxylation sites is 1. The normalized spacial score (nSPS) is 20.1. The molecular formula is C11H15O5P. The molecule has 1 aliphatic carbocycles. The van der Waals surface area contributed by atoms with Crippen LogP contribution in [0, 0.1) is 0 Å². The Morgan fingerprint density at radius 2 is 1.82 bits per heavy atom. The fourth-order valence-corrected chi connectivity index (χ4v) is 2.57. The van der Waals surface area contributed by atoms with Gasteiger partial charge in [0.05, 0.1) is 6.10 Å². The molecule has 17 heavy (non-hydrogen) atoms. The Labute approximate surface area is 99.9 Å². The van der Waals surface area contributed by atoms with Gasteiger partial charge < -0.3 is 9.78 Å². The number of hydrogen-bond acceptors (Lipinski definition) is 4. The fourth-order valence-electron chi connectivity index (χ4n) is 1.77. The third-order valence-corrected chi connectivity index (χ3v) is 3.38. The minimum absolute atomic E-state index is 0.204. The van der Waals surface area contributed by atoms with Crippen molar-refractivity contribution in [2.45, 2.75) is 31.8 Å². The quantitative estimate of drug-likeness (QED) is 0.499. The first-order valence-corrected chi connectivity index (χ1v) is 7.08. The highest BCUT2D eigenvalue weighted by molar-refractivity contribution is 7.47. The van der Waals surface area contributed by atoms with E-state index in [2.05, 4.69) is 4.67 Å². The Balaban J connectivity index is 1.82. The summed E-state index contributed by atoms with van der Waals surface area (Å²) in [7, 11) is -4.13. The molecule has 0 aliphatic heterocycles. The Kier molecular flexibility index (Phi) is 4.18. The number of phosphoric acid groups is 1. The standard InChI is InChI=1S/C11H15O5P/c12-17(13,15-11-8-4-5-9-11)16-14-10-6-2-1-3-7-10/h1-3,6-7,11H,4-5,8-9H2,(H,12,13). The molecule has 1 fully saturated rings. The van der Waals surface area contributed by atoms with E-state index in [0.29, 0.717) is 5.75 Å². The van der Waals surface area contributed by atoms with Gasteiger partial charge in [-0.3, -0.25) is 4.52 Å². The third kappa shape index (κ3) is 4.13. The van der Waals surface area contributed by atoms with Crippen LogP contribution in [0.2, 0.25) is 0 Å². The zero-order valence-electron chi connectivity index (χ0n) is 9.32. The Bertz CT molecular complexity index is 388. The smallest absolute Gasteiger partial charge is 0.327 e. The van der Waals surface area contributed by atoms with Crippen molar-refractivity contribution in [2.24, 2.45) is 0 Å². The number of rotatable bonds is 5. The van der Waals surface area contributed by atoms with E-state index in [1.165, 1.54) is 0 Å². The van der Waals surface area contributed by atoms with Crippen LogP contribution in [-0.2, 0) is 13.8 Å². The van der Waals surface area contributed by atoms with Crippen molar-refractivity contribution in [1.82, 2.24) is 0 Å². The van der Waals surface area contributed by atoms with Gasteiger partial charge in [-0.25, -0.2) is 4.57 Å². The molecule has 0 saturated heterocycles. The Hall–Kier alpha value is -0.870. The van der Waals surface area contributed by atoms with E-state index in [1.54, 1.807) is 30.3 Å². The average molecular weight is 258 g/mol. The largest absolute Gasteiger partial charge is 0.508 e. The molecule has 94 valence electrons. The molecule has 0 bridgehead atoms. The zero-order valence-corrected chi connectivity index (χ0v) is 10.2. The molecule has 1 aliphatic rings. The summed E-state index contributed by atoms with van der Waals surface area (Å²) < 4.78 is 21.0. The maximum atomic E-state index is 11.5. The molecule has 1 aromatic rings. The van der Waals surface area contributed by atoms with E-state index in [0.717, 1.165) is 25.7 Å². The second kappa shape index (κ2) is 5.65. The monoisotopic (exact) mass is 258 g/mol.